The lowest BCUT2D eigenvalue weighted by molar-refractivity contribution is -0.117. The van der Waals surface area contributed by atoms with Gasteiger partial charge in [-0.25, -0.2) is 0 Å². The second-order valence-electron chi connectivity index (χ2n) is 5.57. The molecule has 0 spiro atoms. The number of Topliss-reactive ketones (excluding diaryl/α,β-unsaturated/α-hetero) is 1. The SMILES string of the molecule is Cc1ccoc1/C(O)=C1\C(=O)NC(CCc2ccccc2)C1=O. The number of ketones is 1. The normalized spacial score (nSPS) is 19.8. The van der Waals surface area contributed by atoms with Crippen LogP contribution in [-0.2, 0) is 16.0 Å². The molecule has 1 amide bonds. The van der Waals surface area contributed by atoms with Gasteiger partial charge in [-0.1, -0.05) is 30.3 Å². The monoisotopic (exact) mass is 311 g/mol. The van der Waals surface area contributed by atoms with Crippen molar-refractivity contribution >= 4 is 17.4 Å². The number of benzene rings is 1. The van der Waals surface area contributed by atoms with Gasteiger partial charge in [0, 0.05) is 0 Å². The molecule has 0 aliphatic carbocycles. The van der Waals surface area contributed by atoms with Crippen LogP contribution in [-0.4, -0.2) is 22.8 Å². The lowest BCUT2D eigenvalue weighted by atomic mass is 10.0. The van der Waals surface area contributed by atoms with Crippen molar-refractivity contribution in [2.24, 2.45) is 0 Å². The van der Waals surface area contributed by atoms with E-state index in [0.29, 0.717) is 18.4 Å². The summed E-state index contributed by atoms with van der Waals surface area (Å²) in [5.41, 5.74) is 1.54. The van der Waals surface area contributed by atoms with E-state index in [1.165, 1.54) is 6.26 Å². The van der Waals surface area contributed by atoms with Gasteiger partial charge in [-0.3, -0.25) is 9.59 Å². The number of furan rings is 1. The van der Waals surface area contributed by atoms with Crippen molar-refractivity contribution in [3.8, 4) is 0 Å². The van der Waals surface area contributed by atoms with Crippen LogP contribution in [0, 0.1) is 6.92 Å². The fourth-order valence-corrected chi connectivity index (χ4v) is 2.69. The third-order valence-electron chi connectivity index (χ3n) is 3.97. The van der Waals surface area contributed by atoms with E-state index in [1.54, 1.807) is 13.0 Å². The summed E-state index contributed by atoms with van der Waals surface area (Å²) in [5.74, 6) is -1.18. The van der Waals surface area contributed by atoms with Gasteiger partial charge in [0.2, 0.25) is 0 Å². The molecule has 1 unspecified atom stereocenters. The molecule has 1 aromatic carbocycles. The maximum atomic E-state index is 12.4. The van der Waals surface area contributed by atoms with Crippen molar-refractivity contribution in [1.82, 2.24) is 5.32 Å². The molecule has 0 bridgehead atoms. The second kappa shape index (κ2) is 6.12. The molecule has 2 heterocycles. The standard InChI is InChI=1S/C18H17NO4/c1-11-9-10-23-17(11)16(21)14-15(20)13(19-18(14)22)8-7-12-5-3-2-4-6-12/h2-6,9-10,13,21H,7-8H2,1H3,(H,19,22)/b16-14+. The number of amides is 1. The minimum Gasteiger partial charge on any atom is -0.504 e. The Balaban J connectivity index is 1.79. The summed E-state index contributed by atoms with van der Waals surface area (Å²) in [6, 6.07) is 10.8. The minimum absolute atomic E-state index is 0.159. The van der Waals surface area contributed by atoms with Crippen molar-refractivity contribution in [2.75, 3.05) is 0 Å². The molecular weight excluding hydrogens is 294 g/mol. The maximum absolute atomic E-state index is 12.4. The molecule has 2 N–H and O–H groups in total. The third kappa shape index (κ3) is 2.90. The highest BCUT2D eigenvalue weighted by atomic mass is 16.4. The molecule has 0 saturated carbocycles. The first-order valence-electron chi connectivity index (χ1n) is 7.44. The molecule has 1 aromatic heterocycles. The first kappa shape index (κ1) is 15.1. The van der Waals surface area contributed by atoms with E-state index in [1.807, 2.05) is 30.3 Å². The predicted molar refractivity (Wildman–Crippen MR) is 84.7 cm³/mol. The molecule has 2 aromatic rings. The molecule has 1 atom stereocenters. The number of hydrogen-bond acceptors (Lipinski definition) is 4. The highest BCUT2D eigenvalue weighted by Gasteiger charge is 2.39. The van der Waals surface area contributed by atoms with Crippen molar-refractivity contribution < 1.29 is 19.1 Å². The highest BCUT2D eigenvalue weighted by Crippen LogP contribution is 2.25. The Kier molecular flexibility index (Phi) is 4.02. The van der Waals surface area contributed by atoms with E-state index in [4.69, 9.17) is 4.42 Å². The Hall–Kier alpha value is -2.82. The molecule has 3 rings (SSSR count). The Bertz CT molecular complexity index is 773. The van der Waals surface area contributed by atoms with Gasteiger partial charge in [-0.05, 0) is 37.0 Å². The van der Waals surface area contributed by atoms with Gasteiger partial charge >= 0.3 is 0 Å². The van der Waals surface area contributed by atoms with Crippen LogP contribution in [0.5, 0.6) is 0 Å². The highest BCUT2D eigenvalue weighted by molar-refractivity contribution is 6.30. The lowest BCUT2D eigenvalue weighted by Crippen LogP contribution is -2.29. The summed E-state index contributed by atoms with van der Waals surface area (Å²) in [7, 11) is 0. The van der Waals surface area contributed by atoms with Gasteiger partial charge in [0.05, 0.1) is 12.3 Å². The van der Waals surface area contributed by atoms with Crippen LogP contribution in [0.4, 0.5) is 0 Å². The van der Waals surface area contributed by atoms with Gasteiger partial charge < -0.3 is 14.8 Å². The van der Waals surface area contributed by atoms with Crippen LogP contribution in [0.2, 0.25) is 0 Å². The number of aliphatic hydroxyl groups excluding tert-OH is 1. The van der Waals surface area contributed by atoms with Gasteiger partial charge in [-0.2, -0.15) is 0 Å². The summed E-state index contributed by atoms with van der Waals surface area (Å²) >= 11 is 0. The van der Waals surface area contributed by atoms with Crippen LogP contribution < -0.4 is 5.32 Å². The molecule has 1 aliphatic rings. The van der Waals surface area contributed by atoms with Gasteiger partial charge in [0.1, 0.15) is 5.57 Å². The maximum Gasteiger partial charge on any atom is 0.259 e. The molecule has 0 radical (unpaired) electrons. The van der Waals surface area contributed by atoms with Crippen molar-refractivity contribution in [1.29, 1.82) is 0 Å². The molecule has 5 heteroatoms. The first-order chi connectivity index (χ1) is 11.1. The Morgan fingerprint density at radius 3 is 2.61 bits per heavy atom. The molecule has 1 saturated heterocycles. The van der Waals surface area contributed by atoms with Crippen LogP contribution in [0.25, 0.3) is 5.76 Å². The molecule has 1 aliphatic heterocycles. The summed E-state index contributed by atoms with van der Waals surface area (Å²) in [6.45, 7) is 1.74. The number of carbonyl (C=O) groups is 2. The number of carbonyl (C=O) groups excluding carboxylic acids is 2. The van der Waals surface area contributed by atoms with E-state index < -0.39 is 17.7 Å². The minimum atomic E-state index is -0.616. The first-order valence-corrected chi connectivity index (χ1v) is 7.44. The molecule has 5 nitrogen and oxygen atoms in total. The molecular formula is C18H17NO4. The average Bonchev–Trinajstić information content (AvgIpc) is 3.09. The van der Waals surface area contributed by atoms with Crippen molar-refractivity contribution in [3.05, 3.63) is 65.1 Å². The predicted octanol–water partition coefficient (Wildman–Crippen LogP) is 2.56. The van der Waals surface area contributed by atoms with Crippen molar-refractivity contribution in [3.63, 3.8) is 0 Å². The average molecular weight is 311 g/mol. The van der Waals surface area contributed by atoms with Gasteiger partial charge in [0.25, 0.3) is 5.91 Å². The zero-order valence-corrected chi connectivity index (χ0v) is 12.7. The topological polar surface area (TPSA) is 79.5 Å². The zero-order chi connectivity index (χ0) is 16.4. The Morgan fingerprint density at radius 1 is 1.22 bits per heavy atom. The second-order valence-corrected chi connectivity index (χ2v) is 5.57. The largest absolute Gasteiger partial charge is 0.504 e. The van der Waals surface area contributed by atoms with E-state index >= 15 is 0 Å². The number of rotatable bonds is 4. The molecule has 118 valence electrons. The number of aliphatic hydroxyl groups is 1. The summed E-state index contributed by atoms with van der Waals surface area (Å²) in [6.07, 6.45) is 2.57. The number of aryl methyl sites for hydroxylation is 2. The zero-order valence-electron chi connectivity index (χ0n) is 12.7. The van der Waals surface area contributed by atoms with Crippen LogP contribution in [0.15, 0.2) is 52.7 Å². The summed E-state index contributed by atoms with van der Waals surface area (Å²) < 4.78 is 5.16. The van der Waals surface area contributed by atoms with Crippen LogP contribution in [0.3, 0.4) is 0 Å². The summed E-state index contributed by atoms with van der Waals surface area (Å²) in [5, 5.41) is 12.9. The van der Waals surface area contributed by atoms with E-state index in [2.05, 4.69) is 5.32 Å². The quantitative estimate of drug-likeness (QED) is 0.517. The molecule has 23 heavy (non-hydrogen) atoms. The lowest BCUT2D eigenvalue weighted by Gasteiger charge is -2.07. The van der Waals surface area contributed by atoms with Gasteiger partial charge in [0.15, 0.2) is 17.3 Å². The smallest absolute Gasteiger partial charge is 0.259 e. The Labute approximate surface area is 133 Å². The number of hydrogen-bond donors (Lipinski definition) is 2. The fraction of sp³-hybridized carbons (Fsp3) is 0.222. The van der Waals surface area contributed by atoms with E-state index in [-0.39, 0.29) is 17.1 Å². The van der Waals surface area contributed by atoms with Gasteiger partial charge in [-0.15, -0.1) is 0 Å². The fourth-order valence-electron chi connectivity index (χ4n) is 2.69. The van der Waals surface area contributed by atoms with Crippen LogP contribution in [0.1, 0.15) is 23.3 Å². The third-order valence-corrected chi connectivity index (χ3v) is 3.97. The Morgan fingerprint density at radius 2 is 1.96 bits per heavy atom. The van der Waals surface area contributed by atoms with Crippen molar-refractivity contribution in [2.45, 2.75) is 25.8 Å². The summed E-state index contributed by atoms with van der Waals surface area (Å²) in [4.78, 5) is 24.5. The van der Waals surface area contributed by atoms with E-state index in [0.717, 1.165) is 5.56 Å². The van der Waals surface area contributed by atoms with Crippen LogP contribution >= 0.6 is 0 Å². The number of nitrogens with one attached hydrogen (secondary N) is 1. The van der Waals surface area contributed by atoms with E-state index in [9.17, 15) is 14.7 Å². The molecule has 1 fully saturated rings.